The Bertz CT molecular complexity index is 785. The molecule has 2 aromatic heterocycles. The lowest BCUT2D eigenvalue weighted by atomic mass is 10.1. The van der Waals surface area contributed by atoms with Crippen molar-refractivity contribution in [2.45, 2.75) is 6.42 Å². The molecular weight excluding hydrogens is 352 g/mol. The van der Waals surface area contributed by atoms with Gasteiger partial charge in [-0.2, -0.15) is 5.10 Å². The van der Waals surface area contributed by atoms with E-state index in [1.165, 1.54) is 0 Å². The predicted octanol–water partition coefficient (Wildman–Crippen LogP) is 3.88. The van der Waals surface area contributed by atoms with Crippen molar-refractivity contribution >= 4 is 27.5 Å². The SMILES string of the molecule is Cn1cc(-c2cc(Cl)nc(Cc3cccc(Br)c3)n2)cn1. The summed E-state index contributed by atoms with van der Waals surface area (Å²) in [7, 11) is 1.87. The van der Waals surface area contributed by atoms with E-state index in [2.05, 4.69) is 31.0 Å². The van der Waals surface area contributed by atoms with Gasteiger partial charge >= 0.3 is 0 Å². The van der Waals surface area contributed by atoms with Crippen molar-refractivity contribution in [1.82, 2.24) is 19.7 Å². The zero-order chi connectivity index (χ0) is 14.8. The van der Waals surface area contributed by atoms with Gasteiger partial charge < -0.3 is 0 Å². The van der Waals surface area contributed by atoms with Crippen molar-refractivity contribution in [2.75, 3.05) is 0 Å². The second-order valence-corrected chi connectivity index (χ2v) is 6.00. The summed E-state index contributed by atoms with van der Waals surface area (Å²) in [5, 5.41) is 4.59. The molecule has 0 aliphatic heterocycles. The standard InChI is InChI=1S/C15H12BrClN4/c1-21-9-11(8-18-21)13-7-14(17)20-15(19-13)6-10-3-2-4-12(16)5-10/h2-5,7-9H,6H2,1H3. The molecule has 0 bridgehead atoms. The number of aryl methyl sites for hydroxylation is 1. The van der Waals surface area contributed by atoms with Crippen molar-refractivity contribution in [3.05, 3.63) is 63.7 Å². The summed E-state index contributed by atoms with van der Waals surface area (Å²) in [5.41, 5.74) is 2.84. The zero-order valence-corrected chi connectivity index (χ0v) is 13.6. The molecule has 4 nitrogen and oxygen atoms in total. The molecule has 3 rings (SSSR count). The smallest absolute Gasteiger partial charge is 0.135 e. The average Bonchev–Trinajstić information content (AvgIpc) is 2.85. The van der Waals surface area contributed by atoms with Crippen LogP contribution in [-0.4, -0.2) is 19.7 Å². The lowest BCUT2D eigenvalue weighted by Gasteiger charge is -2.04. The van der Waals surface area contributed by atoms with Crippen molar-refractivity contribution in [3.8, 4) is 11.3 Å². The van der Waals surface area contributed by atoms with Crippen LogP contribution in [0.4, 0.5) is 0 Å². The third-order valence-corrected chi connectivity index (χ3v) is 3.68. The Morgan fingerprint density at radius 1 is 1.24 bits per heavy atom. The van der Waals surface area contributed by atoms with Crippen LogP contribution in [0.15, 0.2) is 47.2 Å². The Balaban J connectivity index is 1.94. The van der Waals surface area contributed by atoms with Crippen LogP contribution in [0.5, 0.6) is 0 Å². The molecule has 0 saturated heterocycles. The molecule has 2 heterocycles. The Kier molecular flexibility index (Phi) is 4.03. The quantitative estimate of drug-likeness (QED) is 0.663. The van der Waals surface area contributed by atoms with Crippen LogP contribution in [-0.2, 0) is 13.5 Å². The molecule has 21 heavy (non-hydrogen) atoms. The highest BCUT2D eigenvalue weighted by Crippen LogP contribution is 2.21. The van der Waals surface area contributed by atoms with E-state index in [4.69, 9.17) is 11.6 Å². The first kappa shape index (κ1) is 14.2. The van der Waals surface area contributed by atoms with Gasteiger partial charge in [0.15, 0.2) is 0 Å². The van der Waals surface area contributed by atoms with Gasteiger partial charge in [-0.05, 0) is 17.7 Å². The van der Waals surface area contributed by atoms with E-state index in [0.717, 1.165) is 21.3 Å². The monoisotopic (exact) mass is 362 g/mol. The van der Waals surface area contributed by atoms with E-state index < -0.39 is 0 Å². The van der Waals surface area contributed by atoms with Gasteiger partial charge in [0.25, 0.3) is 0 Å². The second kappa shape index (κ2) is 5.95. The Morgan fingerprint density at radius 3 is 2.81 bits per heavy atom. The van der Waals surface area contributed by atoms with Crippen LogP contribution in [0.3, 0.4) is 0 Å². The van der Waals surface area contributed by atoms with Gasteiger partial charge in [0.2, 0.25) is 0 Å². The van der Waals surface area contributed by atoms with Crippen molar-refractivity contribution < 1.29 is 0 Å². The first-order valence-corrected chi connectivity index (χ1v) is 7.54. The van der Waals surface area contributed by atoms with Gasteiger partial charge in [0.1, 0.15) is 11.0 Å². The average molecular weight is 364 g/mol. The molecule has 1 aromatic carbocycles. The summed E-state index contributed by atoms with van der Waals surface area (Å²) >= 11 is 9.58. The van der Waals surface area contributed by atoms with Crippen LogP contribution < -0.4 is 0 Å². The third kappa shape index (κ3) is 3.49. The fraction of sp³-hybridized carbons (Fsp3) is 0.133. The van der Waals surface area contributed by atoms with Gasteiger partial charge in [0.05, 0.1) is 11.9 Å². The van der Waals surface area contributed by atoms with Crippen LogP contribution in [0.25, 0.3) is 11.3 Å². The summed E-state index contributed by atoms with van der Waals surface area (Å²) < 4.78 is 2.77. The molecule has 0 fully saturated rings. The lowest BCUT2D eigenvalue weighted by Crippen LogP contribution is -1.98. The summed E-state index contributed by atoms with van der Waals surface area (Å²) in [6, 6.07) is 9.82. The summed E-state index contributed by atoms with van der Waals surface area (Å²) in [4.78, 5) is 8.88. The van der Waals surface area contributed by atoms with Crippen LogP contribution in [0, 0.1) is 0 Å². The molecule has 3 aromatic rings. The molecule has 106 valence electrons. The first-order chi connectivity index (χ1) is 10.1. The maximum Gasteiger partial charge on any atom is 0.135 e. The number of hydrogen-bond donors (Lipinski definition) is 0. The Morgan fingerprint density at radius 2 is 2.10 bits per heavy atom. The normalized spacial score (nSPS) is 10.8. The van der Waals surface area contributed by atoms with E-state index >= 15 is 0 Å². The maximum atomic E-state index is 6.12. The van der Waals surface area contributed by atoms with E-state index in [0.29, 0.717) is 17.4 Å². The van der Waals surface area contributed by atoms with Crippen molar-refractivity contribution in [3.63, 3.8) is 0 Å². The number of halogens is 2. The van der Waals surface area contributed by atoms with E-state index in [9.17, 15) is 0 Å². The lowest BCUT2D eigenvalue weighted by molar-refractivity contribution is 0.768. The second-order valence-electron chi connectivity index (χ2n) is 4.70. The number of nitrogens with zero attached hydrogens (tertiary/aromatic N) is 4. The number of rotatable bonds is 3. The van der Waals surface area contributed by atoms with Gasteiger partial charge in [-0.15, -0.1) is 0 Å². The molecule has 0 amide bonds. The van der Waals surface area contributed by atoms with Gasteiger partial charge in [-0.1, -0.05) is 39.7 Å². The highest BCUT2D eigenvalue weighted by molar-refractivity contribution is 9.10. The molecule has 0 spiro atoms. The Hall–Kier alpha value is -1.72. The van der Waals surface area contributed by atoms with Crippen LogP contribution >= 0.6 is 27.5 Å². The van der Waals surface area contributed by atoms with Crippen molar-refractivity contribution in [1.29, 1.82) is 0 Å². The number of aromatic nitrogens is 4. The summed E-state index contributed by atoms with van der Waals surface area (Å²) in [6.45, 7) is 0. The highest BCUT2D eigenvalue weighted by atomic mass is 79.9. The first-order valence-electron chi connectivity index (χ1n) is 6.37. The topological polar surface area (TPSA) is 43.6 Å². The molecule has 0 aliphatic carbocycles. The summed E-state index contributed by atoms with van der Waals surface area (Å²) in [5.74, 6) is 0.694. The largest absolute Gasteiger partial charge is 0.275 e. The van der Waals surface area contributed by atoms with Gasteiger partial charge in [-0.25, -0.2) is 9.97 Å². The minimum Gasteiger partial charge on any atom is -0.275 e. The molecule has 0 radical (unpaired) electrons. The van der Waals surface area contributed by atoms with Crippen LogP contribution in [0.2, 0.25) is 5.15 Å². The molecule has 6 heteroatoms. The molecular formula is C15H12BrClN4. The molecule has 0 atom stereocenters. The third-order valence-electron chi connectivity index (χ3n) is 2.99. The van der Waals surface area contributed by atoms with E-state index in [1.807, 2.05) is 37.5 Å². The maximum absolute atomic E-state index is 6.12. The number of hydrogen-bond acceptors (Lipinski definition) is 3. The molecule has 0 aliphatic rings. The minimum atomic E-state index is 0.439. The zero-order valence-electron chi connectivity index (χ0n) is 11.3. The van der Waals surface area contributed by atoms with E-state index in [-0.39, 0.29) is 0 Å². The highest BCUT2D eigenvalue weighted by Gasteiger charge is 2.08. The van der Waals surface area contributed by atoms with Crippen molar-refractivity contribution in [2.24, 2.45) is 7.05 Å². The molecule has 0 saturated carbocycles. The Labute approximate surface area is 135 Å². The molecule has 0 unspecified atom stereocenters. The van der Waals surface area contributed by atoms with Crippen LogP contribution in [0.1, 0.15) is 11.4 Å². The number of benzene rings is 1. The van der Waals surface area contributed by atoms with Gasteiger partial charge in [-0.3, -0.25) is 4.68 Å². The molecule has 0 N–H and O–H groups in total. The fourth-order valence-corrected chi connectivity index (χ4v) is 2.72. The minimum absolute atomic E-state index is 0.439. The predicted molar refractivity (Wildman–Crippen MR) is 86.2 cm³/mol. The van der Waals surface area contributed by atoms with Gasteiger partial charge in [0, 0.05) is 35.8 Å². The summed E-state index contributed by atoms with van der Waals surface area (Å²) in [6.07, 6.45) is 4.30. The van der Waals surface area contributed by atoms with E-state index in [1.54, 1.807) is 16.9 Å². The fourth-order valence-electron chi connectivity index (χ4n) is 2.07.